The molecule has 6 heteroatoms. The number of aromatic nitrogens is 1. The zero-order valence-corrected chi connectivity index (χ0v) is 16.2. The SMILES string of the molecule is Cc1ccc2nc(-c3ccc(F)cc3)cc(C(=O)NC3CCCCNC3=O)c2c1. The zero-order valence-electron chi connectivity index (χ0n) is 16.2. The van der Waals surface area contributed by atoms with Crippen molar-refractivity contribution in [3.63, 3.8) is 0 Å². The first-order chi connectivity index (χ1) is 14.0. The Morgan fingerprint density at radius 3 is 2.72 bits per heavy atom. The minimum atomic E-state index is -0.549. The van der Waals surface area contributed by atoms with Crippen LogP contribution in [0.5, 0.6) is 0 Å². The number of pyridine rings is 1. The molecule has 1 aromatic heterocycles. The second-order valence-electron chi connectivity index (χ2n) is 7.40. The average Bonchev–Trinajstić information content (AvgIpc) is 2.92. The zero-order chi connectivity index (χ0) is 20.4. The highest BCUT2D eigenvalue weighted by Crippen LogP contribution is 2.26. The van der Waals surface area contributed by atoms with Crippen molar-refractivity contribution in [1.29, 1.82) is 0 Å². The van der Waals surface area contributed by atoms with Gasteiger partial charge < -0.3 is 10.6 Å². The van der Waals surface area contributed by atoms with Gasteiger partial charge in [-0.25, -0.2) is 9.37 Å². The molecular weight excluding hydrogens is 369 g/mol. The number of carbonyl (C=O) groups is 2. The van der Waals surface area contributed by atoms with Crippen LogP contribution >= 0.6 is 0 Å². The maximum absolute atomic E-state index is 13.3. The first kappa shape index (κ1) is 19.1. The van der Waals surface area contributed by atoms with Gasteiger partial charge in [0.2, 0.25) is 5.91 Å². The molecule has 0 bridgehead atoms. The van der Waals surface area contributed by atoms with Crippen LogP contribution in [0, 0.1) is 12.7 Å². The Bertz CT molecular complexity index is 1080. The molecule has 0 radical (unpaired) electrons. The summed E-state index contributed by atoms with van der Waals surface area (Å²) in [6, 6.07) is 12.9. The van der Waals surface area contributed by atoms with Gasteiger partial charge in [0.25, 0.3) is 5.91 Å². The lowest BCUT2D eigenvalue weighted by molar-refractivity contribution is -0.122. The molecule has 4 rings (SSSR count). The fourth-order valence-electron chi connectivity index (χ4n) is 3.61. The monoisotopic (exact) mass is 391 g/mol. The predicted molar refractivity (Wildman–Crippen MR) is 110 cm³/mol. The molecule has 2 N–H and O–H groups in total. The van der Waals surface area contributed by atoms with E-state index in [1.807, 2.05) is 25.1 Å². The van der Waals surface area contributed by atoms with E-state index in [-0.39, 0.29) is 17.6 Å². The second-order valence-corrected chi connectivity index (χ2v) is 7.40. The maximum Gasteiger partial charge on any atom is 0.252 e. The minimum Gasteiger partial charge on any atom is -0.354 e. The van der Waals surface area contributed by atoms with Crippen molar-refractivity contribution in [3.05, 3.63) is 65.5 Å². The highest BCUT2D eigenvalue weighted by molar-refractivity contribution is 6.08. The number of benzene rings is 2. The molecule has 1 unspecified atom stereocenters. The minimum absolute atomic E-state index is 0.149. The van der Waals surface area contributed by atoms with E-state index in [9.17, 15) is 14.0 Å². The van der Waals surface area contributed by atoms with E-state index in [1.165, 1.54) is 12.1 Å². The van der Waals surface area contributed by atoms with Crippen LogP contribution in [0.3, 0.4) is 0 Å². The van der Waals surface area contributed by atoms with Crippen LogP contribution in [0.1, 0.15) is 35.2 Å². The molecule has 0 saturated carbocycles. The lowest BCUT2D eigenvalue weighted by atomic mass is 10.0. The number of aryl methyl sites for hydroxylation is 1. The number of halogens is 1. The van der Waals surface area contributed by atoms with Gasteiger partial charge in [0.1, 0.15) is 11.9 Å². The van der Waals surface area contributed by atoms with Gasteiger partial charge in [-0.1, -0.05) is 11.6 Å². The maximum atomic E-state index is 13.3. The van der Waals surface area contributed by atoms with Gasteiger partial charge in [-0.05, 0) is 68.7 Å². The smallest absolute Gasteiger partial charge is 0.252 e. The van der Waals surface area contributed by atoms with E-state index < -0.39 is 6.04 Å². The van der Waals surface area contributed by atoms with Gasteiger partial charge in [0.15, 0.2) is 0 Å². The van der Waals surface area contributed by atoms with Crippen molar-refractivity contribution in [2.45, 2.75) is 32.2 Å². The van der Waals surface area contributed by atoms with Crippen molar-refractivity contribution < 1.29 is 14.0 Å². The Morgan fingerprint density at radius 1 is 1.14 bits per heavy atom. The van der Waals surface area contributed by atoms with E-state index in [0.29, 0.717) is 29.7 Å². The number of hydrogen-bond acceptors (Lipinski definition) is 3. The van der Waals surface area contributed by atoms with E-state index in [1.54, 1.807) is 18.2 Å². The number of rotatable bonds is 3. The van der Waals surface area contributed by atoms with E-state index in [0.717, 1.165) is 29.4 Å². The van der Waals surface area contributed by atoms with Gasteiger partial charge in [-0.15, -0.1) is 0 Å². The van der Waals surface area contributed by atoms with E-state index in [4.69, 9.17) is 0 Å². The summed E-state index contributed by atoms with van der Waals surface area (Å²) < 4.78 is 13.3. The molecule has 1 aliphatic rings. The first-order valence-electron chi connectivity index (χ1n) is 9.77. The summed E-state index contributed by atoms with van der Waals surface area (Å²) in [4.78, 5) is 30.1. The molecule has 1 atom stereocenters. The van der Waals surface area contributed by atoms with E-state index in [2.05, 4.69) is 15.6 Å². The molecule has 2 amide bonds. The molecule has 0 spiro atoms. The molecule has 0 aliphatic carbocycles. The molecule has 2 aromatic carbocycles. The molecule has 148 valence electrons. The lowest BCUT2D eigenvalue weighted by Gasteiger charge is -2.17. The summed E-state index contributed by atoms with van der Waals surface area (Å²) in [7, 11) is 0. The molecule has 1 aliphatic heterocycles. The van der Waals surface area contributed by atoms with Gasteiger partial charge in [0.05, 0.1) is 16.8 Å². The number of amides is 2. The normalized spacial score (nSPS) is 16.9. The highest BCUT2D eigenvalue weighted by atomic mass is 19.1. The van der Waals surface area contributed by atoms with Crippen molar-refractivity contribution in [2.24, 2.45) is 0 Å². The van der Waals surface area contributed by atoms with Crippen LogP contribution in [-0.2, 0) is 4.79 Å². The molecule has 1 saturated heterocycles. The Kier molecular flexibility index (Phi) is 5.25. The molecular formula is C23H22FN3O2. The lowest BCUT2D eigenvalue weighted by Crippen LogP contribution is -2.45. The van der Waals surface area contributed by atoms with Crippen LogP contribution in [0.4, 0.5) is 4.39 Å². The molecule has 2 heterocycles. The fourth-order valence-corrected chi connectivity index (χ4v) is 3.61. The number of carbonyl (C=O) groups excluding carboxylic acids is 2. The predicted octanol–water partition coefficient (Wildman–Crippen LogP) is 3.75. The Balaban J connectivity index is 1.76. The van der Waals surface area contributed by atoms with Crippen LogP contribution in [-0.4, -0.2) is 29.4 Å². The Hall–Kier alpha value is -3.28. The quantitative estimate of drug-likeness (QED) is 0.714. The Morgan fingerprint density at radius 2 is 1.93 bits per heavy atom. The molecule has 5 nitrogen and oxygen atoms in total. The third-order valence-electron chi connectivity index (χ3n) is 5.19. The summed E-state index contributed by atoms with van der Waals surface area (Å²) in [5.41, 5.74) is 3.44. The van der Waals surface area contributed by atoms with Crippen LogP contribution in [0.2, 0.25) is 0 Å². The van der Waals surface area contributed by atoms with Crippen molar-refractivity contribution >= 4 is 22.7 Å². The third-order valence-corrected chi connectivity index (χ3v) is 5.19. The van der Waals surface area contributed by atoms with Crippen LogP contribution in [0.25, 0.3) is 22.2 Å². The standard InChI is InChI=1S/C23H22FN3O2/c1-14-5-10-19-17(12-14)18(13-21(26-19)15-6-8-16(24)9-7-15)22(28)27-20-4-2-3-11-25-23(20)29/h5-10,12-13,20H,2-4,11H2,1H3,(H,25,29)(H,27,28). The highest BCUT2D eigenvalue weighted by Gasteiger charge is 2.24. The third kappa shape index (κ3) is 4.11. The largest absolute Gasteiger partial charge is 0.354 e. The summed E-state index contributed by atoms with van der Waals surface area (Å²) in [6.45, 7) is 2.59. The number of nitrogens with zero attached hydrogens (tertiary/aromatic N) is 1. The molecule has 1 fully saturated rings. The van der Waals surface area contributed by atoms with Crippen LogP contribution in [0.15, 0.2) is 48.5 Å². The summed E-state index contributed by atoms with van der Waals surface area (Å²) in [5.74, 6) is -0.792. The second kappa shape index (κ2) is 7.99. The Labute approximate surface area is 168 Å². The molecule has 29 heavy (non-hydrogen) atoms. The summed E-state index contributed by atoms with van der Waals surface area (Å²) in [5, 5.41) is 6.45. The van der Waals surface area contributed by atoms with Crippen LogP contribution < -0.4 is 10.6 Å². The summed E-state index contributed by atoms with van der Waals surface area (Å²) >= 11 is 0. The van der Waals surface area contributed by atoms with Gasteiger partial charge in [0, 0.05) is 17.5 Å². The summed E-state index contributed by atoms with van der Waals surface area (Å²) in [6.07, 6.45) is 2.40. The van der Waals surface area contributed by atoms with Gasteiger partial charge in [-0.3, -0.25) is 9.59 Å². The van der Waals surface area contributed by atoms with E-state index >= 15 is 0 Å². The number of nitrogens with one attached hydrogen (secondary N) is 2. The van der Waals surface area contributed by atoms with Crippen molar-refractivity contribution in [1.82, 2.24) is 15.6 Å². The van der Waals surface area contributed by atoms with Crippen molar-refractivity contribution in [3.8, 4) is 11.3 Å². The topological polar surface area (TPSA) is 71.1 Å². The number of fused-ring (bicyclic) bond motifs is 1. The molecule has 3 aromatic rings. The fraction of sp³-hybridized carbons (Fsp3) is 0.261. The number of hydrogen-bond donors (Lipinski definition) is 2. The average molecular weight is 391 g/mol. The first-order valence-corrected chi connectivity index (χ1v) is 9.77. The van der Waals surface area contributed by atoms with Gasteiger partial charge >= 0.3 is 0 Å². The van der Waals surface area contributed by atoms with Crippen molar-refractivity contribution in [2.75, 3.05) is 6.54 Å². The van der Waals surface area contributed by atoms with Gasteiger partial charge in [-0.2, -0.15) is 0 Å².